The van der Waals surface area contributed by atoms with Crippen LogP contribution in [-0.2, 0) is 4.79 Å². The number of hydrogen-bond acceptors (Lipinski definition) is 2. The Morgan fingerprint density at radius 1 is 1.32 bits per heavy atom. The fraction of sp³-hybridized carbons (Fsp3) is 0.857. The normalized spacial score (nSPS) is 18.4. The third-order valence-corrected chi connectivity index (χ3v) is 3.77. The van der Waals surface area contributed by atoms with Crippen molar-refractivity contribution in [2.45, 2.75) is 46.5 Å². The maximum absolute atomic E-state index is 11.8. The minimum atomic E-state index is -0.886. The van der Waals surface area contributed by atoms with E-state index in [4.69, 9.17) is 5.11 Å². The van der Waals surface area contributed by atoms with Gasteiger partial charge in [0.15, 0.2) is 0 Å². The molecule has 0 spiro atoms. The molecule has 1 rings (SSSR count). The van der Waals surface area contributed by atoms with Gasteiger partial charge < -0.3 is 15.3 Å². The van der Waals surface area contributed by atoms with Gasteiger partial charge in [-0.15, -0.1) is 0 Å². The zero-order chi connectivity index (χ0) is 14.5. The maximum Gasteiger partial charge on any atom is 0.317 e. The number of piperidine rings is 1. The highest BCUT2D eigenvalue weighted by atomic mass is 16.4. The molecule has 5 heteroatoms. The Kier molecular flexibility index (Phi) is 5.63. The van der Waals surface area contributed by atoms with Crippen molar-refractivity contribution in [2.24, 2.45) is 11.3 Å². The van der Waals surface area contributed by atoms with Crippen molar-refractivity contribution < 1.29 is 14.7 Å². The monoisotopic (exact) mass is 270 g/mol. The number of carboxylic acid groups (broad SMARTS) is 1. The summed E-state index contributed by atoms with van der Waals surface area (Å²) in [7, 11) is 0. The van der Waals surface area contributed by atoms with Gasteiger partial charge in [0.1, 0.15) is 0 Å². The number of likely N-dealkylation sites (tertiary alicyclic amines) is 1. The first-order valence-corrected chi connectivity index (χ1v) is 7.07. The van der Waals surface area contributed by atoms with Gasteiger partial charge in [0, 0.05) is 19.6 Å². The third-order valence-electron chi connectivity index (χ3n) is 3.77. The Balaban J connectivity index is 2.32. The first-order chi connectivity index (χ1) is 8.82. The Hall–Kier alpha value is -1.26. The minimum Gasteiger partial charge on any atom is -0.481 e. The molecule has 1 aliphatic rings. The summed E-state index contributed by atoms with van der Waals surface area (Å²) in [5, 5.41) is 11.2. The molecule has 1 aliphatic heterocycles. The van der Waals surface area contributed by atoms with Crippen LogP contribution >= 0.6 is 0 Å². The van der Waals surface area contributed by atoms with Crippen LogP contribution in [0.1, 0.15) is 46.5 Å². The van der Waals surface area contributed by atoms with Crippen molar-refractivity contribution in [1.82, 2.24) is 10.2 Å². The Morgan fingerprint density at radius 2 is 1.89 bits per heavy atom. The second kappa shape index (κ2) is 6.78. The SMILES string of the molecule is CC(C)CC1(C)CCN(C(=O)NCCC(=O)O)CC1. The van der Waals surface area contributed by atoms with Crippen LogP contribution in [0.4, 0.5) is 4.79 Å². The highest BCUT2D eigenvalue weighted by Gasteiger charge is 2.32. The first kappa shape index (κ1) is 15.8. The summed E-state index contributed by atoms with van der Waals surface area (Å²) >= 11 is 0. The number of hydrogen-bond donors (Lipinski definition) is 2. The van der Waals surface area contributed by atoms with Gasteiger partial charge in [0.25, 0.3) is 0 Å². The second-order valence-corrected chi connectivity index (χ2v) is 6.27. The molecule has 0 bridgehead atoms. The topological polar surface area (TPSA) is 69.6 Å². The van der Waals surface area contributed by atoms with Crippen molar-refractivity contribution in [3.05, 3.63) is 0 Å². The molecular weight excluding hydrogens is 244 g/mol. The highest BCUT2D eigenvalue weighted by molar-refractivity contribution is 5.75. The summed E-state index contributed by atoms with van der Waals surface area (Å²) in [5.41, 5.74) is 0.339. The van der Waals surface area contributed by atoms with E-state index in [9.17, 15) is 9.59 Å². The summed E-state index contributed by atoms with van der Waals surface area (Å²) in [6, 6.07) is -0.132. The van der Waals surface area contributed by atoms with Crippen molar-refractivity contribution >= 4 is 12.0 Å². The van der Waals surface area contributed by atoms with Crippen molar-refractivity contribution in [2.75, 3.05) is 19.6 Å². The summed E-state index contributed by atoms with van der Waals surface area (Å²) in [5.74, 6) is -0.204. The third kappa shape index (κ3) is 5.49. The number of amides is 2. The van der Waals surface area contributed by atoms with Gasteiger partial charge in [-0.25, -0.2) is 4.79 Å². The fourth-order valence-corrected chi connectivity index (χ4v) is 2.83. The molecule has 0 unspecified atom stereocenters. The Labute approximate surface area is 115 Å². The van der Waals surface area contributed by atoms with E-state index in [0.29, 0.717) is 11.3 Å². The molecule has 110 valence electrons. The van der Waals surface area contributed by atoms with E-state index in [1.807, 2.05) is 0 Å². The molecule has 0 aromatic carbocycles. The molecule has 0 aliphatic carbocycles. The number of nitrogens with one attached hydrogen (secondary N) is 1. The highest BCUT2D eigenvalue weighted by Crippen LogP contribution is 2.36. The molecule has 2 N–H and O–H groups in total. The number of rotatable bonds is 5. The zero-order valence-corrected chi connectivity index (χ0v) is 12.2. The van der Waals surface area contributed by atoms with Crippen LogP contribution in [-0.4, -0.2) is 41.6 Å². The molecule has 0 aromatic rings. The Bertz CT molecular complexity index is 321. The molecule has 5 nitrogen and oxygen atoms in total. The van der Waals surface area contributed by atoms with Gasteiger partial charge in [0.05, 0.1) is 6.42 Å². The van der Waals surface area contributed by atoms with E-state index >= 15 is 0 Å². The van der Waals surface area contributed by atoms with Gasteiger partial charge in [-0.05, 0) is 30.6 Å². The van der Waals surface area contributed by atoms with E-state index in [1.165, 1.54) is 6.42 Å². The number of nitrogens with zero attached hydrogens (tertiary/aromatic N) is 1. The molecule has 0 saturated carbocycles. The lowest BCUT2D eigenvalue weighted by Crippen LogP contribution is -2.47. The molecular formula is C14H26N2O3. The van der Waals surface area contributed by atoms with Crippen LogP contribution in [0.2, 0.25) is 0 Å². The minimum absolute atomic E-state index is 0.0232. The average Bonchev–Trinajstić information content (AvgIpc) is 2.27. The molecule has 0 atom stereocenters. The number of carbonyl (C=O) groups is 2. The van der Waals surface area contributed by atoms with Crippen LogP contribution < -0.4 is 5.32 Å². The lowest BCUT2D eigenvalue weighted by atomic mass is 9.74. The summed E-state index contributed by atoms with van der Waals surface area (Å²) in [4.78, 5) is 24.0. The largest absolute Gasteiger partial charge is 0.481 e. The lowest BCUT2D eigenvalue weighted by Gasteiger charge is -2.40. The summed E-state index contributed by atoms with van der Waals surface area (Å²) < 4.78 is 0. The van der Waals surface area contributed by atoms with Gasteiger partial charge in [-0.3, -0.25) is 4.79 Å². The Morgan fingerprint density at radius 3 is 2.37 bits per heavy atom. The molecule has 2 amide bonds. The summed E-state index contributed by atoms with van der Waals surface area (Å²) in [6.07, 6.45) is 3.22. The number of carboxylic acids is 1. The van der Waals surface area contributed by atoms with Gasteiger partial charge >= 0.3 is 12.0 Å². The molecule has 0 radical (unpaired) electrons. The van der Waals surface area contributed by atoms with Crippen LogP contribution in [0, 0.1) is 11.3 Å². The standard InChI is InChI=1S/C14H26N2O3/c1-11(2)10-14(3)5-8-16(9-6-14)13(19)15-7-4-12(17)18/h11H,4-10H2,1-3H3,(H,15,19)(H,17,18). The number of aliphatic carboxylic acids is 1. The zero-order valence-electron chi connectivity index (χ0n) is 12.2. The van der Waals surface area contributed by atoms with E-state index in [2.05, 4.69) is 26.1 Å². The molecule has 19 heavy (non-hydrogen) atoms. The quantitative estimate of drug-likeness (QED) is 0.805. The maximum atomic E-state index is 11.8. The van der Waals surface area contributed by atoms with Gasteiger partial charge in [0.2, 0.25) is 0 Å². The van der Waals surface area contributed by atoms with Gasteiger partial charge in [-0.2, -0.15) is 0 Å². The van der Waals surface area contributed by atoms with Crippen LogP contribution in [0.15, 0.2) is 0 Å². The number of urea groups is 1. The predicted molar refractivity (Wildman–Crippen MR) is 74.0 cm³/mol. The van der Waals surface area contributed by atoms with Crippen molar-refractivity contribution in [1.29, 1.82) is 0 Å². The first-order valence-electron chi connectivity index (χ1n) is 7.07. The van der Waals surface area contributed by atoms with E-state index < -0.39 is 5.97 Å². The van der Waals surface area contributed by atoms with Crippen molar-refractivity contribution in [3.63, 3.8) is 0 Å². The number of carbonyl (C=O) groups excluding carboxylic acids is 1. The lowest BCUT2D eigenvalue weighted by molar-refractivity contribution is -0.136. The molecule has 1 heterocycles. The van der Waals surface area contributed by atoms with Crippen LogP contribution in [0.25, 0.3) is 0 Å². The fourth-order valence-electron chi connectivity index (χ4n) is 2.83. The molecule has 1 saturated heterocycles. The molecule has 0 aromatic heterocycles. The smallest absolute Gasteiger partial charge is 0.317 e. The van der Waals surface area contributed by atoms with Gasteiger partial charge in [-0.1, -0.05) is 20.8 Å². The van der Waals surface area contributed by atoms with Crippen molar-refractivity contribution in [3.8, 4) is 0 Å². The van der Waals surface area contributed by atoms with E-state index in [0.717, 1.165) is 25.9 Å². The van der Waals surface area contributed by atoms with E-state index in [1.54, 1.807) is 4.90 Å². The van der Waals surface area contributed by atoms with Crippen LogP contribution in [0.3, 0.4) is 0 Å². The average molecular weight is 270 g/mol. The van der Waals surface area contributed by atoms with E-state index in [-0.39, 0.29) is 19.0 Å². The van der Waals surface area contributed by atoms with Crippen LogP contribution in [0.5, 0.6) is 0 Å². The predicted octanol–water partition coefficient (Wildman–Crippen LogP) is 2.32. The summed E-state index contributed by atoms with van der Waals surface area (Å²) in [6.45, 7) is 8.50. The molecule has 1 fully saturated rings. The second-order valence-electron chi connectivity index (χ2n) is 6.27.